The molecule has 0 atom stereocenters. The van der Waals surface area contributed by atoms with Gasteiger partial charge in [0.1, 0.15) is 5.75 Å². The molecule has 5 nitrogen and oxygen atoms in total. The Kier molecular flexibility index (Phi) is 4.99. The second-order valence-electron chi connectivity index (χ2n) is 4.90. The summed E-state index contributed by atoms with van der Waals surface area (Å²) >= 11 is 0. The van der Waals surface area contributed by atoms with Crippen LogP contribution in [-0.2, 0) is 0 Å². The van der Waals surface area contributed by atoms with E-state index in [0.717, 1.165) is 40.4 Å². The molecule has 0 fully saturated rings. The van der Waals surface area contributed by atoms with Crippen molar-refractivity contribution in [2.75, 3.05) is 14.2 Å². The molecule has 0 radical (unpaired) electrons. The normalized spacial score (nSPS) is 13.0. The fourth-order valence-corrected chi connectivity index (χ4v) is 2.34. The summed E-state index contributed by atoms with van der Waals surface area (Å²) in [5.41, 5.74) is 10.7. The van der Waals surface area contributed by atoms with Crippen molar-refractivity contribution in [3.63, 3.8) is 0 Å². The van der Waals surface area contributed by atoms with Crippen molar-refractivity contribution in [3.05, 3.63) is 47.9 Å². The number of aliphatic imine (C=N–C) groups is 1. The molecule has 1 aromatic heterocycles. The fourth-order valence-electron chi connectivity index (χ4n) is 2.34. The van der Waals surface area contributed by atoms with Crippen molar-refractivity contribution >= 4 is 11.3 Å². The van der Waals surface area contributed by atoms with Crippen LogP contribution in [-0.4, -0.2) is 29.6 Å². The summed E-state index contributed by atoms with van der Waals surface area (Å²) in [5, 5.41) is 4.24. The smallest absolute Gasteiger partial charge is 0.128 e. The van der Waals surface area contributed by atoms with Gasteiger partial charge in [0.2, 0.25) is 0 Å². The van der Waals surface area contributed by atoms with Crippen LogP contribution in [0.1, 0.15) is 25.8 Å². The van der Waals surface area contributed by atoms with E-state index in [9.17, 15) is 0 Å². The summed E-state index contributed by atoms with van der Waals surface area (Å²) in [6.07, 6.45) is 4.39. The van der Waals surface area contributed by atoms with E-state index in [0.29, 0.717) is 0 Å². The number of aromatic nitrogens is 2. The predicted octanol–water partition coefficient (Wildman–Crippen LogP) is 3.05. The SMILES string of the molecule is CC/C(N)=C(\C(C)=NC)c1ccc(-n2cccn2)cc1OC. The minimum absolute atomic E-state index is 0.752. The van der Waals surface area contributed by atoms with E-state index in [-0.39, 0.29) is 0 Å². The van der Waals surface area contributed by atoms with Crippen molar-refractivity contribution in [2.45, 2.75) is 20.3 Å². The lowest BCUT2D eigenvalue weighted by Gasteiger charge is -2.16. The number of rotatable bonds is 5. The molecule has 2 aromatic rings. The first kappa shape index (κ1) is 15.8. The van der Waals surface area contributed by atoms with E-state index >= 15 is 0 Å². The van der Waals surface area contributed by atoms with Crippen LogP contribution in [0.15, 0.2) is 47.3 Å². The second-order valence-corrected chi connectivity index (χ2v) is 4.90. The molecule has 22 heavy (non-hydrogen) atoms. The van der Waals surface area contributed by atoms with Gasteiger partial charge in [0.25, 0.3) is 0 Å². The lowest BCUT2D eigenvalue weighted by Crippen LogP contribution is -2.09. The highest BCUT2D eigenvalue weighted by Crippen LogP contribution is 2.31. The zero-order valence-electron chi connectivity index (χ0n) is 13.5. The van der Waals surface area contributed by atoms with Gasteiger partial charge in [0.15, 0.2) is 0 Å². The summed E-state index contributed by atoms with van der Waals surface area (Å²) in [7, 11) is 3.42. The number of hydrogen-bond acceptors (Lipinski definition) is 4. The van der Waals surface area contributed by atoms with E-state index in [4.69, 9.17) is 10.5 Å². The van der Waals surface area contributed by atoms with Crippen LogP contribution in [0.5, 0.6) is 5.75 Å². The average molecular weight is 298 g/mol. The molecule has 2 rings (SSSR count). The molecule has 0 saturated heterocycles. The van der Waals surface area contributed by atoms with E-state index in [1.165, 1.54) is 0 Å². The number of methoxy groups -OCH3 is 1. The van der Waals surface area contributed by atoms with Crippen molar-refractivity contribution in [1.29, 1.82) is 0 Å². The number of nitrogens with two attached hydrogens (primary N) is 1. The fraction of sp³-hybridized carbons (Fsp3) is 0.294. The van der Waals surface area contributed by atoms with Crippen molar-refractivity contribution in [3.8, 4) is 11.4 Å². The van der Waals surface area contributed by atoms with Gasteiger partial charge in [0, 0.05) is 48.1 Å². The molecule has 116 valence electrons. The van der Waals surface area contributed by atoms with Crippen LogP contribution in [0.3, 0.4) is 0 Å². The minimum Gasteiger partial charge on any atom is -0.496 e. The van der Waals surface area contributed by atoms with Gasteiger partial charge in [-0.05, 0) is 31.5 Å². The van der Waals surface area contributed by atoms with Crippen LogP contribution < -0.4 is 10.5 Å². The Bertz CT molecular complexity index is 699. The number of nitrogens with zero attached hydrogens (tertiary/aromatic N) is 3. The molecule has 0 amide bonds. The maximum Gasteiger partial charge on any atom is 0.128 e. The van der Waals surface area contributed by atoms with Gasteiger partial charge < -0.3 is 10.5 Å². The Morgan fingerprint density at radius 1 is 1.41 bits per heavy atom. The van der Waals surface area contributed by atoms with Gasteiger partial charge in [-0.15, -0.1) is 0 Å². The maximum absolute atomic E-state index is 6.21. The van der Waals surface area contributed by atoms with Crippen molar-refractivity contribution < 1.29 is 4.74 Å². The van der Waals surface area contributed by atoms with Crippen LogP contribution in [0.4, 0.5) is 0 Å². The first-order valence-electron chi connectivity index (χ1n) is 7.23. The lowest BCUT2D eigenvalue weighted by atomic mass is 9.97. The second kappa shape index (κ2) is 6.93. The van der Waals surface area contributed by atoms with Gasteiger partial charge in [-0.2, -0.15) is 5.10 Å². The molecule has 5 heteroatoms. The van der Waals surface area contributed by atoms with Gasteiger partial charge in [-0.3, -0.25) is 4.99 Å². The Balaban J connectivity index is 2.60. The van der Waals surface area contributed by atoms with Gasteiger partial charge in [0.05, 0.1) is 12.8 Å². The molecule has 0 bridgehead atoms. The molecule has 0 aliphatic rings. The van der Waals surface area contributed by atoms with E-state index in [1.807, 2.05) is 44.3 Å². The summed E-state index contributed by atoms with van der Waals surface area (Å²) < 4.78 is 7.36. The molecule has 0 aliphatic carbocycles. The Morgan fingerprint density at radius 3 is 2.73 bits per heavy atom. The number of allylic oxidation sites excluding steroid dienone is 2. The first-order chi connectivity index (χ1) is 10.6. The van der Waals surface area contributed by atoms with Gasteiger partial charge >= 0.3 is 0 Å². The van der Waals surface area contributed by atoms with E-state index in [1.54, 1.807) is 25.0 Å². The number of ether oxygens (including phenoxy) is 1. The lowest BCUT2D eigenvalue weighted by molar-refractivity contribution is 0.413. The molecular weight excluding hydrogens is 276 g/mol. The third-order valence-corrected chi connectivity index (χ3v) is 3.62. The van der Waals surface area contributed by atoms with Crippen LogP contribution in [0.25, 0.3) is 11.3 Å². The van der Waals surface area contributed by atoms with Crippen LogP contribution in [0, 0.1) is 0 Å². The highest BCUT2D eigenvalue weighted by molar-refractivity contribution is 6.24. The van der Waals surface area contributed by atoms with Crippen LogP contribution in [0.2, 0.25) is 0 Å². The largest absolute Gasteiger partial charge is 0.496 e. The van der Waals surface area contributed by atoms with Crippen LogP contribution >= 0.6 is 0 Å². The van der Waals surface area contributed by atoms with Gasteiger partial charge in [-0.1, -0.05) is 6.92 Å². The standard InChI is InChI=1S/C17H22N4O/c1-5-15(18)17(12(2)19-3)14-8-7-13(11-16(14)22-4)21-10-6-9-20-21/h6-11H,5,18H2,1-4H3/b17-15-,19-12?. The molecular formula is C17H22N4O. The third kappa shape index (κ3) is 3.03. The summed E-state index contributed by atoms with van der Waals surface area (Å²) in [5.74, 6) is 0.752. The number of hydrogen-bond donors (Lipinski definition) is 1. The summed E-state index contributed by atoms with van der Waals surface area (Å²) in [6.45, 7) is 3.99. The summed E-state index contributed by atoms with van der Waals surface area (Å²) in [4.78, 5) is 4.29. The molecule has 0 spiro atoms. The number of benzene rings is 1. The van der Waals surface area contributed by atoms with Gasteiger partial charge in [-0.25, -0.2) is 4.68 Å². The minimum atomic E-state index is 0.752. The summed E-state index contributed by atoms with van der Waals surface area (Å²) in [6, 6.07) is 7.84. The third-order valence-electron chi connectivity index (χ3n) is 3.62. The Labute approximate surface area is 131 Å². The molecule has 1 aromatic carbocycles. The monoisotopic (exact) mass is 298 g/mol. The molecule has 0 unspecified atom stereocenters. The van der Waals surface area contributed by atoms with E-state index < -0.39 is 0 Å². The quantitative estimate of drug-likeness (QED) is 0.863. The first-order valence-corrected chi connectivity index (χ1v) is 7.23. The van der Waals surface area contributed by atoms with Crippen molar-refractivity contribution in [1.82, 2.24) is 9.78 Å². The highest BCUT2D eigenvalue weighted by Gasteiger charge is 2.15. The molecule has 0 saturated carbocycles. The zero-order valence-corrected chi connectivity index (χ0v) is 13.5. The Hall–Kier alpha value is -2.56. The molecule has 1 heterocycles. The average Bonchev–Trinajstić information content (AvgIpc) is 3.09. The zero-order chi connectivity index (χ0) is 16.1. The molecule has 0 aliphatic heterocycles. The predicted molar refractivity (Wildman–Crippen MR) is 90.5 cm³/mol. The van der Waals surface area contributed by atoms with E-state index in [2.05, 4.69) is 10.1 Å². The Morgan fingerprint density at radius 2 is 2.18 bits per heavy atom. The van der Waals surface area contributed by atoms with Crippen molar-refractivity contribution in [2.24, 2.45) is 10.7 Å². The topological polar surface area (TPSA) is 65.4 Å². The maximum atomic E-state index is 6.21. The molecule has 2 N–H and O–H groups in total. The highest BCUT2D eigenvalue weighted by atomic mass is 16.5.